The van der Waals surface area contributed by atoms with Crippen LogP contribution >= 0.6 is 0 Å². The summed E-state index contributed by atoms with van der Waals surface area (Å²) in [4.78, 5) is 24.0. The third-order valence-corrected chi connectivity index (χ3v) is 3.67. The number of esters is 1. The Morgan fingerprint density at radius 2 is 2.05 bits per heavy atom. The fourth-order valence-electron chi connectivity index (χ4n) is 2.39. The molecule has 1 heterocycles. The van der Waals surface area contributed by atoms with Crippen molar-refractivity contribution in [2.75, 3.05) is 13.7 Å². The Labute approximate surface area is 124 Å². The monoisotopic (exact) mass is 291 g/mol. The highest BCUT2D eigenvalue weighted by Gasteiger charge is 2.31. The second-order valence-corrected chi connectivity index (χ2v) is 5.57. The van der Waals surface area contributed by atoms with Crippen molar-refractivity contribution < 1.29 is 19.1 Å². The number of benzene rings is 1. The van der Waals surface area contributed by atoms with Crippen LogP contribution in [-0.2, 0) is 20.7 Å². The number of fused-ring (bicyclic) bond motifs is 1. The first-order chi connectivity index (χ1) is 10.0. The predicted molar refractivity (Wildman–Crippen MR) is 77.9 cm³/mol. The summed E-state index contributed by atoms with van der Waals surface area (Å²) in [5.74, 6) is -0.0805. The number of ether oxygens (including phenoxy) is 2. The van der Waals surface area contributed by atoms with Crippen molar-refractivity contribution in [3.63, 3.8) is 0 Å². The molecule has 0 aliphatic carbocycles. The van der Waals surface area contributed by atoms with Gasteiger partial charge in [-0.25, -0.2) is 4.79 Å². The number of amides is 1. The van der Waals surface area contributed by atoms with Crippen LogP contribution in [0.3, 0.4) is 0 Å². The van der Waals surface area contributed by atoms with E-state index in [0.29, 0.717) is 13.0 Å². The molecule has 2 rings (SSSR count). The number of carbonyl (C=O) groups is 2. The minimum absolute atomic E-state index is 0.0294. The van der Waals surface area contributed by atoms with Gasteiger partial charge in [-0.1, -0.05) is 32.0 Å². The van der Waals surface area contributed by atoms with Crippen LogP contribution in [0.2, 0.25) is 0 Å². The van der Waals surface area contributed by atoms with Gasteiger partial charge in [-0.2, -0.15) is 0 Å². The topological polar surface area (TPSA) is 64.6 Å². The minimum atomic E-state index is -0.625. The van der Waals surface area contributed by atoms with Gasteiger partial charge in [0.05, 0.1) is 13.0 Å². The van der Waals surface area contributed by atoms with Crippen molar-refractivity contribution in [2.24, 2.45) is 11.8 Å². The number of hydrogen-bond donors (Lipinski definition) is 1. The smallest absolute Gasteiger partial charge is 0.328 e. The Hall–Kier alpha value is -2.04. The van der Waals surface area contributed by atoms with Crippen LogP contribution in [-0.4, -0.2) is 31.6 Å². The molecule has 1 aromatic rings. The molecular weight excluding hydrogens is 270 g/mol. The molecule has 1 aliphatic rings. The van der Waals surface area contributed by atoms with Crippen LogP contribution in [0.15, 0.2) is 24.3 Å². The molecule has 1 N–H and O–H groups in total. The summed E-state index contributed by atoms with van der Waals surface area (Å²) in [6.07, 6.45) is 0.619. The molecule has 1 amide bonds. The predicted octanol–water partition coefficient (Wildman–Crippen LogP) is 1.55. The van der Waals surface area contributed by atoms with Crippen molar-refractivity contribution >= 4 is 11.9 Å². The molecule has 0 radical (unpaired) electrons. The van der Waals surface area contributed by atoms with Gasteiger partial charge in [0.1, 0.15) is 18.4 Å². The van der Waals surface area contributed by atoms with Crippen LogP contribution in [0, 0.1) is 11.8 Å². The summed E-state index contributed by atoms with van der Waals surface area (Å²) >= 11 is 0. The fraction of sp³-hybridized carbons (Fsp3) is 0.500. The van der Waals surface area contributed by atoms with Crippen molar-refractivity contribution in [2.45, 2.75) is 26.3 Å². The molecule has 21 heavy (non-hydrogen) atoms. The van der Waals surface area contributed by atoms with E-state index in [-0.39, 0.29) is 17.7 Å². The summed E-state index contributed by atoms with van der Waals surface area (Å²) in [5, 5.41) is 2.77. The molecule has 0 fully saturated rings. The standard InChI is InChI=1S/C16H21NO4/c1-10(2)14(16(19)20-3)17-15(18)12-8-11-6-4-5-7-13(11)21-9-12/h4-7,10,12,14H,8-9H2,1-3H3,(H,17,18). The number of hydrogen-bond acceptors (Lipinski definition) is 4. The molecule has 114 valence electrons. The fourth-order valence-corrected chi connectivity index (χ4v) is 2.39. The molecule has 0 bridgehead atoms. The van der Waals surface area contributed by atoms with Gasteiger partial charge in [0.15, 0.2) is 0 Å². The van der Waals surface area contributed by atoms with Crippen LogP contribution in [0.5, 0.6) is 5.75 Å². The number of methoxy groups -OCH3 is 1. The van der Waals surface area contributed by atoms with Crippen molar-refractivity contribution in [1.29, 1.82) is 0 Å². The van der Waals surface area contributed by atoms with E-state index >= 15 is 0 Å². The van der Waals surface area contributed by atoms with Gasteiger partial charge in [-0.05, 0) is 24.0 Å². The molecule has 2 atom stereocenters. The van der Waals surface area contributed by atoms with E-state index in [1.54, 1.807) is 0 Å². The second kappa shape index (κ2) is 6.61. The molecule has 5 nitrogen and oxygen atoms in total. The summed E-state index contributed by atoms with van der Waals surface area (Å²) in [7, 11) is 1.32. The van der Waals surface area contributed by atoms with E-state index in [1.165, 1.54) is 7.11 Å². The molecule has 0 spiro atoms. The normalized spacial score (nSPS) is 18.4. The van der Waals surface area contributed by atoms with E-state index < -0.39 is 12.0 Å². The summed E-state index contributed by atoms with van der Waals surface area (Å²) < 4.78 is 10.3. The summed E-state index contributed by atoms with van der Waals surface area (Å²) in [6.45, 7) is 4.07. The third-order valence-electron chi connectivity index (χ3n) is 3.67. The molecule has 0 saturated heterocycles. The molecule has 2 unspecified atom stereocenters. The Morgan fingerprint density at radius 3 is 2.71 bits per heavy atom. The Kier molecular flexibility index (Phi) is 4.83. The maximum absolute atomic E-state index is 12.3. The highest BCUT2D eigenvalue weighted by atomic mass is 16.5. The third kappa shape index (κ3) is 3.54. The van der Waals surface area contributed by atoms with Crippen LogP contribution in [0.1, 0.15) is 19.4 Å². The largest absolute Gasteiger partial charge is 0.492 e. The lowest BCUT2D eigenvalue weighted by molar-refractivity contribution is -0.147. The van der Waals surface area contributed by atoms with Crippen LogP contribution < -0.4 is 10.1 Å². The average Bonchev–Trinajstić information content (AvgIpc) is 2.50. The maximum Gasteiger partial charge on any atom is 0.328 e. The lowest BCUT2D eigenvalue weighted by atomic mass is 9.95. The average molecular weight is 291 g/mol. The Bertz CT molecular complexity index is 527. The zero-order valence-electron chi connectivity index (χ0n) is 12.6. The van der Waals surface area contributed by atoms with E-state index in [4.69, 9.17) is 9.47 Å². The van der Waals surface area contributed by atoms with Gasteiger partial charge < -0.3 is 14.8 Å². The zero-order chi connectivity index (χ0) is 15.4. The van der Waals surface area contributed by atoms with Gasteiger partial charge in [0, 0.05) is 0 Å². The van der Waals surface area contributed by atoms with Gasteiger partial charge in [0.2, 0.25) is 5.91 Å². The van der Waals surface area contributed by atoms with E-state index in [2.05, 4.69) is 5.32 Å². The summed E-state index contributed by atoms with van der Waals surface area (Å²) in [6, 6.07) is 7.06. The van der Waals surface area contributed by atoms with Crippen molar-refractivity contribution in [3.8, 4) is 5.75 Å². The first-order valence-corrected chi connectivity index (χ1v) is 7.11. The summed E-state index contributed by atoms with van der Waals surface area (Å²) in [5.41, 5.74) is 1.02. The highest BCUT2D eigenvalue weighted by Crippen LogP contribution is 2.27. The first-order valence-electron chi connectivity index (χ1n) is 7.11. The van der Waals surface area contributed by atoms with E-state index in [1.807, 2.05) is 38.1 Å². The van der Waals surface area contributed by atoms with Crippen molar-refractivity contribution in [1.82, 2.24) is 5.32 Å². The molecule has 1 aliphatic heterocycles. The number of nitrogens with one attached hydrogen (secondary N) is 1. The SMILES string of the molecule is COC(=O)C(NC(=O)C1COc2ccccc2C1)C(C)C. The maximum atomic E-state index is 12.3. The van der Waals surface area contributed by atoms with Crippen LogP contribution in [0.25, 0.3) is 0 Å². The lowest BCUT2D eigenvalue weighted by Gasteiger charge is -2.27. The lowest BCUT2D eigenvalue weighted by Crippen LogP contribution is -2.49. The molecule has 1 aromatic carbocycles. The van der Waals surface area contributed by atoms with Gasteiger partial charge in [0.25, 0.3) is 0 Å². The van der Waals surface area contributed by atoms with E-state index in [0.717, 1.165) is 11.3 Å². The molecule has 0 aromatic heterocycles. The Morgan fingerprint density at radius 1 is 1.33 bits per heavy atom. The molecular formula is C16H21NO4. The number of carbonyl (C=O) groups excluding carboxylic acids is 2. The zero-order valence-corrected chi connectivity index (χ0v) is 12.6. The first kappa shape index (κ1) is 15.4. The van der Waals surface area contributed by atoms with Gasteiger partial charge >= 0.3 is 5.97 Å². The minimum Gasteiger partial charge on any atom is -0.492 e. The quantitative estimate of drug-likeness (QED) is 0.855. The molecule has 5 heteroatoms. The van der Waals surface area contributed by atoms with Gasteiger partial charge in [-0.15, -0.1) is 0 Å². The Balaban J connectivity index is 2.03. The molecule has 0 saturated carbocycles. The van der Waals surface area contributed by atoms with Gasteiger partial charge in [-0.3, -0.25) is 4.79 Å². The number of para-hydroxylation sites is 1. The van der Waals surface area contributed by atoms with E-state index in [9.17, 15) is 9.59 Å². The second-order valence-electron chi connectivity index (χ2n) is 5.57. The van der Waals surface area contributed by atoms with Crippen molar-refractivity contribution in [3.05, 3.63) is 29.8 Å². The number of rotatable bonds is 4. The highest BCUT2D eigenvalue weighted by molar-refractivity contribution is 5.86. The van der Waals surface area contributed by atoms with Crippen LogP contribution in [0.4, 0.5) is 0 Å².